The highest BCUT2D eigenvalue weighted by Gasteiger charge is 2.08. The standard InChI is InChI=1S/C20H20N2O4S/c1-24-16-6-3-13-4-7-17(10-14(13)9-16)26-12-20(23)22-27-19-8-5-15(21)11-18(19)25-2/h3-11H,12,21H2,1-2H3,(H,22,23). The minimum Gasteiger partial charge on any atom is -0.497 e. The lowest BCUT2D eigenvalue weighted by atomic mass is 10.1. The van der Waals surface area contributed by atoms with Gasteiger partial charge in [-0.3, -0.25) is 9.52 Å². The van der Waals surface area contributed by atoms with Crippen molar-refractivity contribution in [1.29, 1.82) is 0 Å². The van der Waals surface area contributed by atoms with E-state index < -0.39 is 0 Å². The summed E-state index contributed by atoms with van der Waals surface area (Å²) in [4.78, 5) is 12.8. The lowest BCUT2D eigenvalue weighted by Gasteiger charge is -2.10. The van der Waals surface area contributed by atoms with Gasteiger partial charge in [0.1, 0.15) is 17.2 Å². The van der Waals surface area contributed by atoms with E-state index in [4.69, 9.17) is 19.9 Å². The minimum absolute atomic E-state index is 0.0975. The third-order valence-electron chi connectivity index (χ3n) is 3.85. The molecule has 0 saturated heterocycles. The summed E-state index contributed by atoms with van der Waals surface area (Å²) in [5.74, 6) is 1.72. The molecule has 0 heterocycles. The molecule has 3 N–H and O–H groups in total. The van der Waals surface area contributed by atoms with Crippen molar-refractivity contribution in [2.75, 3.05) is 26.6 Å². The number of benzene rings is 3. The van der Waals surface area contributed by atoms with Gasteiger partial charge in [-0.1, -0.05) is 12.1 Å². The van der Waals surface area contributed by atoms with Crippen LogP contribution in [0.3, 0.4) is 0 Å². The summed E-state index contributed by atoms with van der Waals surface area (Å²) in [6, 6.07) is 16.7. The quantitative estimate of drug-likeness (QED) is 0.478. The normalized spacial score (nSPS) is 10.4. The van der Waals surface area contributed by atoms with E-state index >= 15 is 0 Å². The zero-order valence-corrected chi connectivity index (χ0v) is 15.8. The second-order valence-corrected chi connectivity index (χ2v) is 6.55. The average molecular weight is 384 g/mol. The molecule has 0 aromatic heterocycles. The summed E-state index contributed by atoms with van der Waals surface area (Å²) in [6.07, 6.45) is 0. The molecule has 3 rings (SSSR count). The fraction of sp³-hybridized carbons (Fsp3) is 0.150. The second-order valence-electron chi connectivity index (χ2n) is 5.70. The molecule has 7 heteroatoms. The van der Waals surface area contributed by atoms with Gasteiger partial charge in [-0.25, -0.2) is 0 Å². The van der Waals surface area contributed by atoms with Gasteiger partial charge in [0.25, 0.3) is 5.91 Å². The SMILES string of the molecule is COc1ccc2ccc(OCC(=O)NSc3ccc(N)cc3OC)cc2c1. The molecule has 1 amide bonds. The smallest absolute Gasteiger partial charge is 0.267 e. The van der Waals surface area contributed by atoms with Crippen molar-refractivity contribution in [1.82, 2.24) is 4.72 Å². The average Bonchev–Trinajstić information content (AvgIpc) is 2.70. The van der Waals surface area contributed by atoms with E-state index in [1.165, 1.54) is 0 Å². The van der Waals surface area contributed by atoms with Crippen LogP contribution in [0.5, 0.6) is 17.2 Å². The third-order valence-corrected chi connectivity index (χ3v) is 4.74. The van der Waals surface area contributed by atoms with Crippen LogP contribution in [0.2, 0.25) is 0 Å². The lowest BCUT2D eigenvalue weighted by Crippen LogP contribution is -2.23. The second kappa shape index (κ2) is 8.55. The molecule has 0 aliphatic carbocycles. The molecule has 0 fully saturated rings. The highest BCUT2D eigenvalue weighted by Crippen LogP contribution is 2.29. The molecular weight excluding hydrogens is 364 g/mol. The summed E-state index contributed by atoms with van der Waals surface area (Å²) >= 11 is 1.15. The van der Waals surface area contributed by atoms with Gasteiger partial charge >= 0.3 is 0 Å². The van der Waals surface area contributed by atoms with Gasteiger partial charge in [-0.15, -0.1) is 0 Å². The van der Waals surface area contributed by atoms with Crippen molar-refractivity contribution in [2.24, 2.45) is 0 Å². The number of nitrogens with two attached hydrogens (primary N) is 1. The molecule has 6 nitrogen and oxygen atoms in total. The number of nitrogens with one attached hydrogen (secondary N) is 1. The zero-order valence-electron chi connectivity index (χ0n) is 15.0. The largest absolute Gasteiger partial charge is 0.497 e. The molecule has 0 aliphatic rings. The fourth-order valence-corrected chi connectivity index (χ4v) is 3.14. The maximum atomic E-state index is 12.1. The Labute approximate surface area is 161 Å². The summed E-state index contributed by atoms with van der Waals surface area (Å²) in [5, 5.41) is 2.05. The molecular formula is C20H20N2O4S. The zero-order chi connectivity index (χ0) is 19.2. The molecule has 0 bridgehead atoms. The van der Waals surface area contributed by atoms with Crippen LogP contribution < -0.4 is 24.7 Å². The number of rotatable bonds is 7. The number of carbonyl (C=O) groups excluding carboxylic acids is 1. The Morgan fingerprint density at radius 1 is 0.963 bits per heavy atom. The molecule has 0 atom stereocenters. The molecule has 3 aromatic rings. The van der Waals surface area contributed by atoms with Gasteiger partial charge < -0.3 is 19.9 Å². The van der Waals surface area contributed by atoms with E-state index in [1.54, 1.807) is 32.4 Å². The number of amides is 1. The number of methoxy groups -OCH3 is 2. The Morgan fingerprint density at radius 3 is 2.44 bits per heavy atom. The van der Waals surface area contributed by atoms with Gasteiger partial charge in [0.2, 0.25) is 0 Å². The molecule has 3 aromatic carbocycles. The van der Waals surface area contributed by atoms with Crippen LogP contribution >= 0.6 is 11.9 Å². The highest BCUT2D eigenvalue weighted by molar-refractivity contribution is 7.98. The van der Waals surface area contributed by atoms with E-state index in [2.05, 4.69) is 4.72 Å². The van der Waals surface area contributed by atoms with Gasteiger partial charge in [-0.2, -0.15) is 0 Å². The maximum absolute atomic E-state index is 12.1. The first-order valence-corrected chi connectivity index (χ1v) is 9.00. The summed E-state index contributed by atoms with van der Waals surface area (Å²) < 4.78 is 18.8. The molecule has 140 valence electrons. The number of anilines is 1. The topological polar surface area (TPSA) is 82.8 Å². The van der Waals surface area contributed by atoms with Crippen LogP contribution in [0.1, 0.15) is 0 Å². The van der Waals surface area contributed by atoms with Crippen LogP contribution in [0, 0.1) is 0 Å². The van der Waals surface area contributed by atoms with E-state index in [0.717, 1.165) is 33.4 Å². The van der Waals surface area contributed by atoms with Gasteiger partial charge in [0.05, 0.1) is 19.1 Å². The first-order chi connectivity index (χ1) is 13.1. The Balaban J connectivity index is 1.58. The first-order valence-electron chi connectivity index (χ1n) is 8.19. The number of hydrogen-bond donors (Lipinski definition) is 2. The molecule has 27 heavy (non-hydrogen) atoms. The lowest BCUT2D eigenvalue weighted by molar-refractivity contribution is -0.121. The Morgan fingerprint density at radius 2 is 1.70 bits per heavy atom. The van der Waals surface area contributed by atoms with Crippen LogP contribution in [-0.2, 0) is 4.79 Å². The van der Waals surface area contributed by atoms with Crippen molar-refractivity contribution in [3.63, 3.8) is 0 Å². The molecule has 0 saturated carbocycles. The summed E-state index contributed by atoms with van der Waals surface area (Å²) in [5.41, 5.74) is 6.32. The number of hydrogen-bond acceptors (Lipinski definition) is 6. The molecule has 0 unspecified atom stereocenters. The Hall–Kier alpha value is -3.06. The van der Waals surface area contributed by atoms with Crippen LogP contribution in [-0.4, -0.2) is 26.7 Å². The van der Waals surface area contributed by atoms with E-state index in [1.807, 2.05) is 36.4 Å². The number of carbonyl (C=O) groups is 1. The van der Waals surface area contributed by atoms with Crippen molar-refractivity contribution in [3.8, 4) is 17.2 Å². The summed E-state index contributed by atoms with van der Waals surface area (Å²) in [7, 11) is 3.18. The van der Waals surface area contributed by atoms with Crippen LogP contribution in [0.4, 0.5) is 5.69 Å². The molecule has 0 aliphatic heterocycles. The van der Waals surface area contributed by atoms with Crippen molar-refractivity contribution < 1.29 is 19.0 Å². The fourth-order valence-electron chi connectivity index (χ4n) is 2.48. The van der Waals surface area contributed by atoms with E-state index in [-0.39, 0.29) is 12.5 Å². The predicted octanol–water partition coefficient (Wildman–Crippen LogP) is 3.64. The van der Waals surface area contributed by atoms with Gasteiger partial charge in [0.15, 0.2) is 6.61 Å². The van der Waals surface area contributed by atoms with Crippen molar-refractivity contribution in [2.45, 2.75) is 4.90 Å². The van der Waals surface area contributed by atoms with Crippen molar-refractivity contribution in [3.05, 3.63) is 54.6 Å². The number of fused-ring (bicyclic) bond motifs is 1. The highest BCUT2D eigenvalue weighted by atomic mass is 32.2. The minimum atomic E-state index is -0.260. The van der Waals surface area contributed by atoms with Gasteiger partial charge in [0, 0.05) is 11.8 Å². The van der Waals surface area contributed by atoms with Gasteiger partial charge in [-0.05, 0) is 59.1 Å². The molecule has 0 spiro atoms. The maximum Gasteiger partial charge on any atom is 0.267 e. The summed E-state index contributed by atoms with van der Waals surface area (Å²) in [6.45, 7) is -0.0975. The monoisotopic (exact) mass is 384 g/mol. The Bertz CT molecular complexity index is 962. The van der Waals surface area contributed by atoms with E-state index in [9.17, 15) is 4.79 Å². The van der Waals surface area contributed by atoms with E-state index in [0.29, 0.717) is 17.2 Å². The number of nitrogen functional groups attached to an aromatic ring is 1. The Kier molecular flexibility index (Phi) is 5.93. The third kappa shape index (κ3) is 4.77. The van der Waals surface area contributed by atoms with Crippen LogP contribution in [0.15, 0.2) is 59.5 Å². The first kappa shape index (κ1) is 18.7. The predicted molar refractivity (Wildman–Crippen MR) is 107 cm³/mol. The van der Waals surface area contributed by atoms with Crippen LogP contribution in [0.25, 0.3) is 10.8 Å². The van der Waals surface area contributed by atoms with Crippen molar-refractivity contribution >= 4 is 34.3 Å². The number of ether oxygens (including phenoxy) is 3. The molecule has 0 radical (unpaired) electrons.